The molecular formula is C58H37N3. The van der Waals surface area contributed by atoms with Crippen molar-refractivity contribution < 1.29 is 0 Å². The van der Waals surface area contributed by atoms with Crippen LogP contribution in [-0.2, 0) is 0 Å². The third kappa shape index (κ3) is 5.98. The van der Waals surface area contributed by atoms with E-state index < -0.39 is 0 Å². The number of pyridine rings is 1. The number of aromatic nitrogens is 3. The highest BCUT2D eigenvalue weighted by atomic mass is 15.1. The zero-order valence-corrected chi connectivity index (χ0v) is 33.2. The standard InChI is InChI=1S/C58H37N3/c1-2-10-38(11-3-1)41-18-22-43(23-19-41)58-60-54-37-59-33-32-55(54)61(58)49-29-26-42(27-30-49)46-28-31-52-53(36-46)57(48-25-21-40-13-5-7-15-45(40)35-48)51-17-9-8-16-50(51)56(52)47-24-20-39-12-4-6-14-44(39)34-47/h1-37H. The first-order valence-electron chi connectivity index (χ1n) is 20.8. The Labute approximate surface area is 353 Å². The van der Waals surface area contributed by atoms with Crippen LogP contribution >= 0.6 is 0 Å². The normalized spacial score (nSPS) is 11.6. The van der Waals surface area contributed by atoms with Crippen LogP contribution in [-0.4, -0.2) is 14.5 Å². The quantitative estimate of drug-likeness (QED) is 0.158. The van der Waals surface area contributed by atoms with Crippen molar-refractivity contribution in [3.63, 3.8) is 0 Å². The Morgan fingerprint density at radius 2 is 0.820 bits per heavy atom. The topological polar surface area (TPSA) is 30.7 Å². The summed E-state index contributed by atoms with van der Waals surface area (Å²) in [6, 6.07) is 77.2. The lowest BCUT2D eigenvalue weighted by molar-refractivity contribution is 1.10. The maximum atomic E-state index is 5.11. The zero-order chi connectivity index (χ0) is 40.3. The van der Waals surface area contributed by atoms with Crippen LogP contribution in [0.1, 0.15) is 0 Å². The van der Waals surface area contributed by atoms with E-state index in [0.717, 1.165) is 39.2 Å². The molecule has 0 bridgehead atoms. The lowest BCUT2D eigenvalue weighted by Gasteiger charge is -2.19. The lowest BCUT2D eigenvalue weighted by atomic mass is 9.84. The molecule has 3 heteroatoms. The summed E-state index contributed by atoms with van der Waals surface area (Å²) in [6.07, 6.45) is 3.69. The van der Waals surface area contributed by atoms with E-state index in [-0.39, 0.29) is 0 Å². The van der Waals surface area contributed by atoms with Crippen molar-refractivity contribution >= 4 is 54.1 Å². The molecule has 2 heterocycles. The number of nitrogens with zero attached hydrogens (tertiary/aromatic N) is 3. The van der Waals surface area contributed by atoms with Crippen LogP contribution in [0.15, 0.2) is 225 Å². The molecule has 0 saturated heterocycles. The molecule has 61 heavy (non-hydrogen) atoms. The predicted octanol–water partition coefficient (Wildman–Crippen LogP) is 15.4. The van der Waals surface area contributed by atoms with E-state index in [1.807, 2.05) is 24.5 Å². The molecule has 2 aromatic heterocycles. The van der Waals surface area contributed by atoms with Crippen LogP contribution in [0.3, 0.4) is 0 Å². The van der Waals surface area contributed by atoms with Gasteiger partial charge in [-0.1, -0.05) is 176 Å². The van der Waals surface area contributed by atoms with Gasteiger partial charge in [0.15, 0.2) is 0 Å². The van der Waals surface area contributed by atoms with Crippen molar-refractivity contribution in [2.24, 2.45) is 0 Å². The summed E-state index contributed by atoms with van der Waals surface area (Å²) in [7, 11) is 0. The first-order valence-corrected chi connectivity index (χ1v) is 20.8. The maximum Gasteiger partial charge on any atom is 0.145 e. The molecule has 0 saturated carbocycles. The van der Waals surface area contributed by atoms with Crippen molar-refractivity contribution in [3.8, 4) is 61.6 Å². The molecule has 12 rings (SSSR count). The molecule has 284 valence electrons. The summed E-state index contributed by atoms with van der Waals surface area (Å²) in [4.78, 5) is 9.52. The molecule has 10 aromatic carbocycles. The number of rotatable bonds is 6. The second kappa shape index (κ2) is 14.3. The second-order valence-electron chi connectivity index (χ2n) is 15.8. The van der Waals surface area contributed by atoms with E-state index in [0.29, 0.717) is 0 Å². The predicted molar refractivity (Wildman–Crippen MR) is 256 cm³/mol. The number of hydrogen-bond donors (Lipinski definition) is 0. The molecule has 0 aliphatic heterocycles. The highest BCUT2D eigenvalue weighted by molar-refractivity contribution is 6.22. The Balaban J connectivity index is 1.02. The van der Waals surface area contributed by atoms with Gasteiger partial charge in [-0.05, 0) is 124 Å². The van der Waals surface area contributed by atoms with E-state index in [9.17, 15) is 0 Å². The highest BCUT2D eigenvalue weighted by Crippen LogP contribution is 2.46. The Morgan fingerprint density at radius 3 is 1.49 bits per heavy atom. The van der Waals surface area contributed by atoms with Gasteiger partial charge in [0.25, 0.3) is 0 Å². The van der Waals surface area contributed by atoms with Crippen molar-refractivity contribution in [1.29, 1.82) is 0 Å². The first-order chi connectivity index (χ1) is 30.2. The van der Waals surface area contributed by atoms with Gasteiger partial charge in [0.2, 0.25) is 0 Å². The van der Waals surface area contributed by atoms with Gasteiger partial charge in [-0.2, -0.15) is 0 Å². The summed E-state index contributed by atoms with van der Waals surface area (Å²) >= 11 is 0. The van der Waals surface area contributed by atoms with Crippen LogP contribution in [0, 0.1) is 0 Å². The van der Waals surface area contributed by atoms with Gasteiger partial charge in [0.05, 0.1) is 11.7 Å². The van der Waals surface area contributed by atoms with Gasteiger partial charge >= 0.3 is 0 Å². The number of benzene rings is 10. The first kappa shape index (κ1) is 34.9. The van der Waals surface area contributed by atoms with Crippen LogP contribution in [0.4, 0.5) is 0 Å². The van der Waals surface area contributed by atoms with E-state index in [1.54, 1.807) is 0 Å². The molecule has 0 atom stereocenters. The van der Waals surface area contributed by atoms with Gasteiger partial charge in [0, 0.05) is 17.4 Å². The van der Waals surface area contributed by atoms with E-state index in [2.05, 4.69) is 210 Å². The molecule has 12 aromatic rings. The molecule has 0 N–H and O–H groups in total. The fourth-order valence-electron chi connectivity index (χ4n) is 9.30. The van der Waals surface area contributed by atoms with Crippen molar-refractivity contribution in [2.45, 2.75) is 0 Å². The van der Waals surface area contributed by atoms with Crippen LogP contribution in [0.2, 0.25) is 0 Å². The molecule has 0 spiro atoms. The monoisotopic (exact) mass is 775 g/mol. The van der Waals surface area contributed by atoms with Gasteiger partial charge in [-0.25, -0.2) is 4.98 Å². The minimum atomic E-state index is 0.860. The Kier molecular flexibility index (Phi) is 8.17. The highest BCUT2D eigenvalue weighted by Gasteiger charge is 2.19. The number of hydrogen-bond acceptors (Lipinski definition) is 2. The molecule has 0 aliphatic carbocycles. The average Bonchev–Trinajstić information content (AvgIpc) is 3.73. The summed E-state index contributed by atoms with van der Waals surface area (Å²) in [5.74, 6) is 0.884. The molecule has 0 amide bonds. The third-order valence-corrected chi connectivity index (χ3v) is 12.3. The molecule has 0 unspecified atom stereocenters. The molecule has 3 nitrogen and oxygen atoms in total. The zero-order valence-electron chi connectivity index (χ0n) is 33.2. The van der Waals surface area contributed by atoms with Crippen molar-refractivity contribution in [1.82, 2.24) is 14.5 Å². The van der Waals surface area contributed by atoms with Gasteiger partial charge in [-0.15, -0.1) is 0 Å². The van der Waals surface area contributed by atoms with Crippen molar-refractivity contribution in [3.05, 3.63) is 225 Å². The van der Waals surface area contributed by atoms with E-state index >= 15 is 0 Å². The number of fused-ring (bicyclic) bond motifs is 5. The summed E-state index contributed by atoms with van der Waals surface area (Å²) in [5, 5.41) is 9.91. The number of imidazole rings is 1. The average molecular weight is 776 g/mol. The van der Waals surface area contributed by atoms with Crippen LogP contribution in [0.5, 0.6) is 0 Å². The van der Waals surface area contributed by atoms with E-state index in [1.165, 1.54) is 76.5 Å². The summed E-state index contributed by atoms with van der Waals surface area (Å²) < 4.78 is 2.25. The van der Waals surface area contributed by atoms with Crippen molar-refractivity contribution in [2.75, 3.05) is 0 Å². The van der Waals surface area contributed by atoms with Gasteiger partial charge in [-0.3, -0.25) is 9.55 Å². The molecular weight excluding hydrogens is 739 g/mol. The Morgan fingerprint density at radius 1 is 0.328 bits per heavy atom. The Bertz CT molecular complexity index is 3620. The summed E-state index contributed by atoms with van der Waals surface area (Å²) in [5.41, 5.74) is 13.6. The summed E-state index contributed by atoms with van der Waals surface area (Å²) in [6.45, 7) is 0. The molecule has 0 radical (unpaired) electrons. The van der Waals surface area contributed by atoms with Gasteiger partial charge < -0.3 is 0 Å². The fourth-order valence-corrected chi connectivity index (χ4v) is 9.30. The molecule has 0 fully saturated rings. The third-order valence-electron chi connectivity index (χ3n) is 12.3. The van der Waals surface area contributed by atoms with E-state index in [4.69, 9.17) is 4.98 Å². The van der Waals surface area contributed by atoms with Gasteiger partial charge in [0.1, 0.15) is 11.3 Å². The van der Waals surface area contributed by atoms with Crippen LogP contribution in [0.25, 0.3) is 116 Å². The smallest absolute Gasteiger partial charge is 0.145 e. The van der Waals surface area contributed by atoms with Crippen LogP contribution < -0.4 is 0 Å². The maximum absolute atomic E-state index is 5.11. The largest absolute Gasteiger partial charge is 0.292 e. The molecule has 0 aliphatic rings. The lowest BCUT2D eigenvalue weighted by Crippen LogP contribution is -1.98. The Hall–Kier alpha value is -8.14. The fraction of sp³-hybridized carbons (Fsp3) is 0. The minimum Gasteiger partial charge on any atom is -0.292 e. The second-order valence-corrected chi connectivity index (χ2v) is 15.8. The SMILES string of the molecule is c1ccc(-c2ccc(-c3nc4cnccc4n3-c3ccc(-c4ccc5c(-c6ccc7ccccc7c6)c6ccccc6c(-c6ccc7ccccc7c6)c5c4)cc3)cc2)cc1. The minimum absolute atomic E-state index is 0.860.